The molecule has 0 saturated heterocycles. The molecule has 0 spiro atoms. The Hall–Kier alpha value is -3.67. The van der Waals surface area contributed by atoms with Crippen LogP contribution in [0.4, 0.5) is 5.69 Å². The van der Waals surface area contributed by atoms with Crippen molar-refractivity contribution < 1.29 is 9.59 Å². The second-order valence-corrected chi connectivity index (χ2v) is 7.37. The first-order chi connectivity index (χ1) is 14.3. The van der Waals surface area contributed by atoms with Crippen molar-refractivity contribution >= 4 is 23.7 Å². The number of carbonyl (C=O) groups is 2. The minimum atomic E-state index is -0.821. The molecule has 154 valence electrons. The van der Waals surface area contributed by atoms with Crippen LogP contribution in [0.15, 0.2) is 53.6 Å². The number of amides is 2. The molecular weight excluding hydrogens is 376 g/mol. The number of rotatable bonds is 4. The van der Waals surface area contributed by atoms with Crippen molar-refractivity contribution in [1.82, 2.24) is 9.99 Å². The van der Waals surface area contributed by atoms with Gasteiger partial charge in [0.1, 0.15) is 0 Å². The number of nitrogens with zero attached hydrogens (tertiary/aromatic N) is 2. The Labute approximate surface area is 176 Å². The molecule has 2 aromatic carbocycles. The van der Waals surface area contributed by atoms with Crippen LogP contribution in [0.2, 0.25) is 0 Å². The first-order valence-electron chi connectivity index (χ1n) is 9.75. The molecular formula is C24H26N4O2. The molecule has 0 saturated carbocycles. The molecule has 0 unspecified atom stereocenters. The third-order valence-electron chi connectivity index (χ3n) is 5.10. The summed E-state index contributed by atoms with van der Waals surface area (Å²) >= 11 is 0. The summed E-state index contributed by atoms with van der Waals surface area (Å²) in [6.07, 6.45) is 1.56. The van der Waals surface area contributed by atoms with Gasteiger partial charge in [0.15, 0.2) is 0 Å². The lowest BCUT2D eigenvalue weighted by molar-refractivity contribution is -0.136. The van der Waals surface area contributed by atoms with E-state index in [0.29, 0.717) is 5.69 Å². The molecule has 0 radical (unpaired) electrons. The lowest BCUT2D eigenvalue weighted by atomic mass is 10.1. The highest BCUT2D eigenvalue weighted by molar-refractivity contribution is 6.39. The molecule has 0 aliphatic rings. The summed E-state index contributed by atoms with van der Waals surface area (Å²) in [5, 5.41) is 6.57. The summed E-state index contributed by atoms with van der Waals surface area (Å²) in [6, 6.07) is 15.5. The smallest absolute Gasteiger partial charge is 0.317 e. The normalized spacial score (nSPS) is 11.0. The lowest BCUT2D eigenvalue weighted by Gasteiger charge is -2.15. The van der Waals surface area contributed by atoms with E-state index in [4.69, 9.17) is 0 Å². The molecule has 3 rings (SSSR count). The van der Waals surface area contributed by atoms with Gasteiger partial charge >= 0.3 is 11.8 Å². The van der Waals surface area contributed by atoms with Gasteiger partial charge in [0, 0.05) is 22.6 Å². The van der Waals surface area contributed by atoms with Gasteiger partial charge in [0.05, 0.1) is 11.9 Å². The van der Waals surface area contributed by atoms with Crippen molar-refractivity contribution in [2.24, 2.45) is 5.10 Å². The summed E-state index contributed by atoms with van der Waals surface area (Å²) in [5.74, 6) is -1.58. The van der Waals surface area contributed by atoms with Gasteiger partial charge < -0.3 is 9.88 Å². The third-order valence-corrected chi connectivity index (χ3v) is 5.10. The highest BCUT2D eigenvalue weighted by atomic mass is 16.2. The second-order valence-electron chi connectivity index (χ2n) is 7.37. The number of anilines is 1. The van der Waals surface area contributed by atoms with Crippen LogP contribution in [0.5, 0.6) is 0 Å². The van der Waals surface area contributed by atoms with Crippen LogP contribution in [-0.2, 0) is 9.59 Å². The summed E-state index contributed by atoms with van der Waals surface area (Å²) < 4.78 is 2.18. The molecule has 2 N–H and O–H groups in total. The second kappa shape index (κ2) is 8.78. The maximum atomic E-state index is 12.1. The highest BCUT2D eigenvalue weighted by Crippen LogP contribution is 2.25. The molecule has 0 aliphatic carbocycles. The summed E-state index contributed by atoms with van der Waals surface area (Å²) in [7, 11) is 0. The van der Waals surface area contributed by atoms with E-state index in [2.05, 4.69) is 46.4 Å². The fourth-order valence-electron chi connectivity index (χ4n) is 3.52. The summed E-state index contributed by atoms with van der Waals surface area (Å²) in [4.78, 5) is 24.2. The van der Waals surface area contributed by atoms with Gasteiger partial charge in [-0.1, -0.05) is 36.4 Å². The largest absolute Gasteiger partial charge is 0.329 e. The quantitative estimate of drug-likeness (QED) is 0.391. The number of nitrogens with one attached hydrogen (secondary N) is 2. The predicted molar refractivity (Wildman–Crippen MR) is 120 cm³/mol. The van der Waals surface area contributed by atoms with Crippen LogP contribution in [0.25, 0.3) is 5.69 Å². The summed E-state index contributed by atoms with van der Waals surface area (Å²) in [5.41, 5.74) is 10.2. The first kappa shape index (κ1) is 21.0. The number of aryl methyl sites for hydroxylation is 4. The van der Waals surface area contributed by atoms with Crippen molar-refractivity contribution in [1.29, 1.82) is 0 Å². The van der Waals surface area contributed by atoms with Gasteiger partial charge in [-0.15, -0.1) is 0 Å². The van der Waals surface area contributed by atoms with E-state index in [9.17, 15) is 9.59 Å². The van der Waals surface area contributed by atoms with E-state index in [0.717, 1.165) is 28.2 Å². The molecule has 30 heavy (non-hydrogen) atoms. The average molecular weight is 402 g/mol. The molecule has 0 atom stereocenters. The van der Waals surface area contributed by atoms with Crippen LogP contribution in [0.3, 0.4) is 0 Å². The fraction of sp³-hybridized carbons (Fsp3) is 0.208. The molecule has 3 aromatic rings. The zero-order chi connectivity index (χ0) is 21.8. The van der Waals surface area contributed by atoms with E-state index in [1.807, 2.05) is 45.0 Å². The predicted octanol–water partition coefficient (Wildman–Crippen LogP) is 4.11. The van der Waals surface area contributed by atoms with Gasteiger partial charge in [0.2, 0.25) is 0 Å². The molecule has 1 aromatic heterocycles. The first-order valence-corrected chi connectivity index (χ1v) is 9.75. The number of benzene rings is 2. The van der Waals surface area contributed by atoms with Gasteiger partial charge in [0.25, 0.3) is 0 Å². The topological polar surface area (TPSA) is 75.5 Å². The van der Waals surface area contributed by atoms with E-state index in [-0.39, 0.29) is 0 Å². The molecule has 1 heterocycles. The van der Waals surface area contributed by atoms with Crippen molar-refractivity contribution in [2.75, 3.05) is 5.32 Å². The number of para-hydroxylation sites is 2. The Kier molecular flexibility index (Phi) is 6.16. The third kappa shape index (κ3) is 4.33. The lowest BCUT2D eigenvalue weighted by Crippen LogP contribution is -2.32. The van der Waals surface area contributed by atoms with Crippen LogP contribution < -0.4 is 10.7 Å². The molecule has 2 amide bonds. The molecule has 0 aliphatic heterocycles. The number of hydrogen-bond donors (Lipinski definition) is 2. The Balaban J connectivity index is 1.73. The fourth-order valence-corrected chi connectivity index (χ4v) is 3.52. The Bertz CT molecular complexity index is 1120. The van der Waals surface area contributed by atoms with Gasteiger partial charge in [-0.2, -0.15) is 5.10 Å². The van der Waals surface area contributed by atoms with Gasteiger partial charge in [-0.25, -0.2) is 5.43 Å². The maximum Gasteiger partial charge on any atom is 0.329 e. The number of aromatic nitrogens is 1. The SMILES string of the molecule is Cc1ccccc1NC(=O)C(=O)N/N=C\c1cc(C)n(-c2c(C)cccc2C)c1C. The average Bonchev–Trinajstić information content (AvgIpc) is 2.97. The number of hydrazone groups is 1. The highest BCUT2D eigenvalue weighted by Gasteiger charge is 2.15. The van der Waals surface area contributed by atoms with Crippen LogP contribution >= 0.6 is 0 Å². The Morgan fingerprint density at radius 3 is 2.17 bits per heavy atom. The van der Waals surface area contributed by atoms with E-state index in [1.54, 1.807) is 18.3 Å². The van der Waals surface area contributed by atoms with Crippen LogP contribution in [0.1, 0.15) is 33.6 Å². The standard InChI is InChI=1S/C24H26N4O2/c1-15-9-6-7-12-21(15)26-23(29)24(30)27-25-14-20-13-18(4)28(19(20)5)22-16(2)10-8-11-17(22)3/h6-14H,1-5H3,(H,26,29)(H,27,30)/b25-14-. The van der Waals surface area contributed by atoms with E-state index >= 15 is 0 Å². The van der Waals surface area contributed by atoms with Crippen molar-refractivity contribution in [2.45, 2.75) is 34.6 Å². The Morgan fingerprint density at radius 2 is 1.50 bits per heavy atom. The maximum absolute atomic E-state index is 12.1. The zero-order valence-corrected chi connectivity index (χ0v) is 17.9. The minimum absolute atomic E-state index is 0.596. The van der Waals surface area contributed by atoms with Crippen molar-refractivity contribution in [3.63, 3.8) is 0 Å². The van der Waals surface area contributed by atoms with Gasteiger partial charge in [-0.05, 0) is 63.4 Å². The van der Waals surface area contributed by atoms with Crippen molar-refractivity contribution in [3.05, 3.63) is 82.2 Å². The van der Waals surface area contributed by atoms with Crippen LogP contribution in [0, 0.1) is 34.6 Å². The molecule has 6 heteroatoms. The monoisotopic (exact) mass is 402 g/mol. The molecule has 0 bridgehead atoms. The zero-order valence-electron chi connectivity index (χ0n) is 17.9. The van der Waals surface area contributed by atoms with E-state index in [1.165, 1.54) is 11.1 Å². The Morgan fingerprint density at radius 1 is 0.867 bits per heavy atom. The van der Waals surface area contributed by atoms with Crippen molar-refractivity contribution in [3.8, 4) is 5.69 Å². The van der Waals surface area contributed by atoms with Crippen LogP contribution in [-0.4, -0.2) is 22.6 Å². The number of hydrogen-bond acceptors (Lipinski definition) is 3. The van der Waals surface area contributed by atoms with E-state index < -0.39 is 11.8 Å². The van der Waals surface area contributed by atoms with Gasteiger partial charge in [-0.3, -0.25) is 9.59 Å². The summed E-state index contributed by atoms with van der Waals surface area (Å²) in [6.45, 7) is 10.1. The molecule has 0 fully saturated rings. The minimum Gasteiger partial charge on any atom is -0.317 e. The number of carbonyl (C=O) groups excluding carboxylic acids is 2. The molecule has 6 nitrogen and oxygen atoms in total.